The van der Waals surface area contributed by atoms with E-state index in [0.717, 1.165) is 33.4 Å². The predicted molar refractivity (Wildman–Crippen MR) is 135 cm³/mol. The van der Waals surface area contributed by atoms with Crippen molar-refractivity contribution in [2.24, 2.45) is 0 Å². The van der Waals surface area contributed by atoms with Gasteiger partial charge in [-0.3, -0.25) is 10.8 Å². The van der Waals surface area contributed by atoms with Gasteiger partial charge in [0.15, 0.2) is 0 Å². The van der Waals surface area contributed by atoms with Crippen molar-refractivity contribution in [1.29, 1.82) is 10.8 Å². The topological polar surface area (TPSA) is 56.9 Å². The molecule has 3 heteroatoms. The fraction of sp³-hybridized carbons (Fsp3) is 0.0345. The monoisotopic (exact) mass is 412 g/mol. The lowest BCUT2D eigenvalue weighted by molar-refractivity contribution is 0.415. The third kappa shape index (κ3) is 2.61. The van der Waals surface area contributed by atoms with Gasteiger partial charge in [-0.2, -0.15) is 0 Å². The highest BCUT2D eigenvalue weighted by Crippen LogP contribution is 2.39. The van der Waals surface area contributed by atoms with Crippen LogP contribution in [0, 0.1) is 10.8 Å². The molecular formula is C29H20N2O. The number of benzene rings is 5. The minimum atomic E-state index is 0.235. The van der Waals surface area contributed by atoms with Crippen molar-refractivity contribution in [3.05, 3.63) is 102 Å². The van der Waals surface area contributed by atoms with Crippen molar-refractivity contribution in [2.45, 2.75) is 0 Å². The Morgan fingerprint density at radius 2 is 1.19 bits per heavy atom. The van der Waals surface area contributed by atoms with E-state index >= 15 is 0 Å². The summed E-state index contributed by atoms with van der Waals surface area (Å²) >= 11 is 0. The fourth-order valence-electron chi connectivity index (χ4n) is 4.81. The molecule has 2 N–H and O–H groups in total. The van der Waals surface area contributed by atoms with Crippen LogP contribution in [-0.4, -0.2) is 18.5 Å². The maximum atomic E-state index is 8.82. The standard InChI is InChI=1S/C29H20N2O/c1-32-21-11-7-17(8-12-21)22-15-16-25(29(31)28(22)30)23-13-9-20-6-5-18-3-2-4-19-10-14-24(23)27(20)26(18)19/h2-16,30-31H,1H3. The van der Waals surface area contributed by atoms with Gasteiger partial charge in [-0.25, -0.2) is 0 Å². The summed E-state index contributed by atoms with van der Waals surface area (Å²) < 4.78 is 5.24. The predicted octanol–water partition coefficient (Wildman–Crippen LogP) is 7.11. The molecule has 152 valence electrons. The van der Waals surface area contributed by atoms with Crippen LogP contribution >= 0.6 is 0 Å². The van der Waals surface area contributed by atoms with Gasteiger partial charge in [0.1, 0.15) is 5.75 Å². The van der Waals surface area contributed by atoms with Crippen LogP contribution in [0.3, 0.4) is 0 Å². The van der Waals surface area contributed by atoms with Crippen LogP contribution in [0.1, 0.15) is 11.1 Å². The van der Waals surface area contributed by atoms with Gasteiger partial charge in [-0.15, -0.1) is 0 Å². The Morgan fingerprint density at radius 1 is 0.594 bits per heavy atom. The van der Waals surface area contributed by atoms with Crippen LogP contribution in [0.15, 0.2) is 91.0 Å². The molecule has 5 aromatic carbocycles. The molecule has 0 unspecified atom stereocenters. The molecule has 1 aliphatic rings. The molecule has 0 fully saturated rings. The molecule has 0 bridgehead atoms. The van der Waals surface area contributed by atoms with Gasteiger partial charge >= 0.3 is 0 Å². The Morgan fingerprint density at radius 3 is 1.91 bits per heavy atom. The number of rotatable bonds is 3. The molecule has 0 aromatic heterocycles. The van der Waals surface area contributed by atoms with Crippen LogP contribution in [0.5, 0.6) is 5.75 Å². The van der Waals surface area contributed by atoms with E-state index in [1.807, 2.05) is 36.4 Å². The second kappa shape index (κ2) is 6.89. The highest BCUT2D eigenvalue weighted by atomic mass is 16.5. The quantitative estimate of drug-likeness (QED) is 0.241. The fourth-order valence-corrected chi connectivity index (χ4v) is 4.81. The summed E-state index contributed by atoms with van der Waals surface area (Å²) in [6.07, 6.45) is 3.93. The van der Waals surface area contributed by atoms with Crippen LogP contribution in [0.4, 0.5) is 0 Å². The number of hydrogen-bond donors (Lipinski definition) is 2. The molecule has 32 heavy (non-hydrogen) atoms. The number of nitrogens with one attached hydrogen (secondary N) is 2. The highest BCUT2D eigenvalue weighted by Gasteiger charge is 2.23. The minimum absolute atomic E-state index is 0.235. The van der Waals surface area contributed by atoms with Gasteiger partial charge in [0, 0.05) is 11.1 Å². The van der Waals surface area contributed by atoms with Gasteiger partial charge in [0.05, 0.1) is 18.5 Å². The maximum absolute atomic E-state index is 8.82. The zero-order chi connectivity index (χ0) is 21.8. The third-order valence-electron chi connectivity index (χ3n) is 6.43. The lowest BCUT2D eigenvalue weighted by Crippen LogP contribution is -2.18. The van der Waals surface area contributed by atoms with Crippen LogP contribution in [0.25, 0.3) is 43.5 Å². The smallest absolute Gasteiger partial charge is 0.118 e. The third-order valence-corrected chi connectivity index (χ3v) is 6.43. The van der Waals surface area contributed by atoms with E-state index in [0.29, 0.717) is 0 Å². The second-order valence-electron chi connectivity index (χ2n) is 8.11. The molecule has 0 aliphatic heterocycles. The SMILES string of the molecule is COc1ccc(C2=CC=C(c3ccc4ccc5cccc6ccc3c4c56)C(=N)C2=N)cc1. The molecule has 0 spiro atoms. The molecule has 0 saturated carbocycles. The van der Waals surface area contributed by atoms with Crippen molar-refractivity contribution < 1.29 is 4.74 Å². The summed E-state index contributed by atoms with van der Waals surface area (Å²) in [5.74, 6) is 0.775. The van der Waals surface area contributed by atoms with Gasteiger partial charge in [-0.1, -0.05) is 78.9 Å². The first-order chi connectivity index (χ1) is 15.7. The Kier molecular flexibility index (Phi) is 3.99. The molecule has 0 saturated heterocycles. The van der Waals surface area contributed by atoms with E-state index in [4.69, 9.17) is 15.6 Å². The lowest BCUT2D eigenvalue weighted by Gasteiger charge is -2.20. The van der Waals surface area contributed by atoms with E-state index in [1.54, 1.807) is 7.11 Å². The number of allylic oxidation sites excluding steroid dienone is 4. The van der Waals surface area contributed by atoms with Crippen LogP contribution in [-0.2, 0) is 0 Å². The zero-order valence-electron chi connectivity index (χ0n) is 17.6. The molecular weight excluding hydrogens is 392 g/mol. The van der Waals surface area contributed by atoms with Crippen molar-refractivity contribution in [1.82, 2.24) is 0 Å². The van der Waals surface area contributed by atoms with Crippen LogP contribution in [0.2, 0.25) is 0 Å². The second-order valence-corrected chi connectivity index (χ2v) is 8.11. The molecule has 1 aliphatic carbocycles. The minimum Gasteiger partial charge on any atom is -0.497 e. The first-order valence-electron chi connectivity index (χ1n) is 10.6. The van der Waals surface area contributed by atoms with Gasteiger partial charge in [-0.05, 0) is 55.6 Å². The average Bonchev–Trinajstić information content (AvgIpc) is 2.84. The number of ether oxygens (including phenoxy) is 1. The molecule has 5 aromatic rings. The van der Waals surface area contributed by atoms with E-state index < -0.39 is 0 Å². The van der Waals surface area contributed by atoms with E-state index in [-0.39, 0.29) is 11.4 Å². The summed E-state index contributed by atoms with van der Waals surface area (Å²) in [4.78, 5) is 0. The molecule has 0 amide bonds. The summed E-state index contributed by atoms with van der Waals surface area (Å²) in [6.45, 7) is 0. The lowest BCUT2D eigenvalue weighted by atomic mass is 9.83. The van der Waals surface area contributed by atoms with E-state index in [2.05, 4.69) is 54.6 Å². The van der Waals surface area contributed by atoms with Crippen molar-refractivity contribution >= 4 is 54.9 Å². The Hall–Kier alpha value is -4.24. The first kappa shape index (κ1) is 18.5. The first-order valence-corrected chi connectivity index (χ1v) is 10.6. The van der Waals surface area contributed by atoms with Crippen molar-refractivity contribution in [2.75, 3.05) is 7.11 Å². The number of hydrogen-bond acceptors (Lipinski definition) is 3. The molecule has 0 heterocycles. The average molecular weight is 412 g/mol. The number of methoxy groups -OCH3 is 1. The molecule has 3 nitrogen and oxygen atoms in total. The van der Waals surface area contributed by atoms with Gasteiger partial charge in [0.25, 0.3) is 0 Å². The highest BCUT2D eigenvalue weighted by molar-refractivity contribution is 6.68. The molecule has 0 radical (unpaired) electrons. The molecule has 6 rings (SSSR count). The van der Waals surface area contributed by atoms with E-state index in [1.165, 1.54) is 26.9 Å². The van der Waals surface area contributed by atoms with E-state index in [9.17, 15) is 0 Å². The summed E-state index contributed by atoms with van der Waals surface area (Å²) in [6, 6.07) is 26.9. The van der Waals surface area contributed by atoms with Crippen molar-refractivity contribution in [3.63, 3.8) is 0 Å². The summed E-state index contributed by atoms with van der Waals surface area (Å²) in [5, 5.41) is 24.8. The maximum Gasteiger partial charge on any atom is 0.118 e. The molecule has 0 atom stereocenters. The largest absolute Gasteiger partial charge is 0.497 e. The Bertz CT molecular complexity index is 1610. The normalized spacial score (nSPS) is 14.3. The Balaban J connectivity index is 1.55. The zero-order valence-corrected chi connectivity index (χ0v) is 17.6. The van der Waals surface area contributed by atoms with Gasteiger partial charge in [0.2, 0.25) is 0 Å². The summed E-state index contributed by atoms with van der Waals surface area (Å²) in [7, 11) is 1.64. The van der Waals surface area contributed by atoms with Gasteiger partial charge < -0.3 is 4.74 Å². The van der Waals surface area contributed by atoms with Crippen LogP contribution < -0.4 is 4.74 Å². The van der Waals surface area contributed by atoms with Crippen molar-refractivity contribution in [3.8, 4) is 5.75 Å². The Labute approximate surface area is 185 Å². The summed E-state index contributed by atoms with van der Waals surface area (Å²) in [5.41, 5.74) is 3.91.